The first-order valence-electron chi connectivity index (χ1n) is 9.09. The Morgan fingerprint density at radius 3 is 2.79 bits per heavy atom. The van der Waals surface area contributed by atoms with Gasteiger partial charge in [-0.25, -0.2) is 4.98 Å². The number of hydrogen-bond donors (Lipinski definition) is 1. The summed E-state index contributed by atoms with van der Waals surface area (Å²) in [4.78, 5) is 33.1. The van der Waals surface area contributed by atoms with Gasteiger partial charge < -0.3 is 14.3 Å². The molecule has 0 aliphatic rings. The van der Waals surface area contributed by atoms with E-state index in [1.807, 2.05) is 36.6 Å². The molecule has 3 aromatic heterocycles. The summed E-state index contributed by atoms with van der Waals surface area (Å²) < 4.78 is 6.25. The summed E-state index contributed by atoms with van der Waals surface area (Å²) >= 11 is 1.34. The van der Waals surface area contributed by atoms with Crippen LogP contribution in [0.2, 0.25) is 0 Å². The number of aryl methyl sites for hydroxylation is 2. The van der Waals surface area contributed by atoms with Crippen molar-refractivity contribution in [1.82, 2.24) is 25.1 Å². The highest BCUT2D eigenvalue weighted by molar-refractivity contribution is 7.17. The molecule has 9 heteroatoms. The summed E-state index contributed by atoms with van der Waals surface area (Å²) in [6.45, 7) is 2.23. The number of aromatic nitrogens is 4. The summed E-state index contributed by atoms with van der Waals surface area (Å²) in [5.41, 5.74) is 2.45. The Kier molecular flexibility index (Phi) is 5.22. The number of fused-ring (bicyclic) bond motifs is 1. The molecule has 4 rings (SSSR count). The number of rotatable bonds is 6. The molecule has 4 aromatic rings. The maximum absolute atomic E-state index is 12.5. The fourth-order valence-electron chi connectivity index (χ4n) is 2.88. The van der Waals surface area contributed by atoms with E-state index in [1.54, 1.807) is 13.1 Å². The average Bonchev–Trinajstić information content (AvgIpc) is 3.36. The summed E-state index contributed by atoms with van der Waals surface area (Å²) in [6.07, 6.45) is 0.562. The first-order chi connectivity index (χ1) is 14.0. The van der Waals surface area contributed by atoms with Crippen molar-refractivity contribution in [2.45, 2.75) is 26.3 Å². The van der Waals surface area contributed by atoms with Crippen LogP contribution in [0.4, 0.5) is 0 Å². The van der Waals surface area contributed by atoms with Gasteiger partial charge in [-0.1, -0.05) is 17.7 Å². The van der Waals surface area contributed by atoms with Gasteiger partial charge in [-0.3, -0.25) is 9.59 Å². The molecule has 8 nitrogen and oxygen atoms in total. The molecule has 0 spiro atoms. The summed E-state index contributed by atoms with van der Waals surface area (Å²) in [5, 5.41) is 9.89. The van der Waals surface area contributed by atoms with Crippen LogP contribution in [-0.4, -0.2) is 38.0 Å². The van der Waals surface area contributed by atoms with Gasteiger partial charge in [0, 0.05) is 25.5 Å². The van der Waals surface area contributed by atoms with E-state index in [1.165, 1.54) is 16.2 Å². The molecule has 1 aromatic carbocycles. The molecular weight excluding hydrogens is 390 g/mol. The van der Waals surface area contributed by atoms with Gasteiger partial charge in [0.25, 0.3) is 5.56 Å². The predicted molar refractivity (Wildman–Crippen MR) is 110 cm³/mol. The molecule has 0 unspecified atom stereocenters. The standard InChI is InChI=1S/C20H19N5O3S/c1-12-3-5-13(6-4-12)20-24-23-16(28-20)7-8-17(26)25(2)11-15-21-14-9-10-29-18(14)19(27)22-15/h3-6,9-10H,7-8,11H2,1-2H3,(H,21,22,27). The van der Waals surface area contributed by atoms with Crippen LogP contribution in [-0.2, 0) is 17.8 Å². The van der Waals surface area contributed by atoms with Crippen molar-refractivity contribution in [1.29, 1.82) is 0 Å². The van der Waals surface area contributed by atoms with Crippen molar-refractivity contribution in [3.8, 4) is 11.5 Å². The van der Waals surface area contributed by atoms with Crippen LogP contribution in [0.15, 0.2) is 44.9 Å². The number of nitrogens with one attached hydrogen (secondary N) is 1. The fourth-order valence-corrected chi connectivity index (χ4v) is 3.61. The lowest BCUT2D eigenvalue weighted by Crippen LogP contribution is -2.28. The highest BCUT2D eigenvalue weighted by Crippen LogP contribution is 2.19. The van der Waals surface area contributed by atoms with Crippen LogP contribution < -0.4 is 5.56 Å². The quantitative estimate of drug-likeness (QED) is 0.525. The Morgan fingerprint density at radius 1 is 1.21 bits per heavy atom. The van der Waals surface area contributed by atoms with E-state index in [0.717, 1.165) is 11.1 Å². The van der Waals surface area contributed by atoms with Crippen molar-refractivity contribution >= 4 is 27.5 Å². The lowest BCUT2D eigenvalue weighted by molar-refractivity contribution is -0.130. The minimum atomic E-state index is -0.185. The van der Waals surface area contributed by atoms with E-state index < -0.39 is 0 Å². The van der Waals surface area contributed by atoms with Gasteiger partial charge in [-0.15, -0.1) is 21.5 Å². The lowest BCUT2D eigenvalue weighted by Gasteiger charge is -2.16. The average molecular weight is 409 g/mol. The number of hydrogen-bond acceptors (Lipinski definition) is 7. The second-order valence-electron chi connectivity index (χ2n) is 6.76. The van der Waals surface area contributed by atoms with Gasteiger partial charge in [0.05, 0.1) is 12.1 Å². The molecule has 0 radical (unpaired) electrons. The van der Waals surface area contributed by atoms with E-state index in [4.69, 9.17) is 4.42 Å². The van der Waals surface area contributed by atoms with Crippen LogP contribution in [0.3, 0.4) is 0 Å². The molecule has 0 saturated carbocycles. The number of carbonyl (C=O) groups is 1. The Labute approximate surface area is 170 Å². The number of aromatic amines is 1. The maximum atomic E-state index is 12.5. The van der Waals surface area contributed by atoms with E-state index in [-0.39, 0.29) is 24.4 Å². The summed E-state index contributed by atoms with van der Waals surface area (Å²) in [6, 6.07) is 9.59. The Hall–Kier alpha value is -3.33. The van der Waals surface area contributed by atoms with Crippen molar-refractivity contribution in [2.24, 2.45) is 0 Å². The molecule has 0 fully saturated rings. The Balaban J connectivity index is 1.36. The number of nitrogens with zero attached hydrogens (tertiary/aromatic N) is 4. The third-order valence-electron chi connectivity index (χ3n) is 4.49. The third-order valence-corrected chi connectivity index (χ3v) is 5.40. The number of benzene rings is 1. The zero-order valence-corrected chi connectivity index (χ0v) is 16.8. The third kappa shape index (κ3) is 4.24. The molecule has 148 valence electrons. The molecule has 0 aliphatic heterocycles. The second-order valence-corrected chi connectivity index (χ2v) is 7.68. The predicted octanol–water partition coefficient (Wildman–Crippen LogP) is 2.93. The van der Waals surface area contributed by atoms with Crippen LogP contribution in [0.1, 0.15) is 23.7 Å². The molecule has 0 saturated heterocycles. The monoisotopic (exact) mass is 409 g/mol. The smallest absolute Gasteiger partial charge is 0.268 e. The largest absolute Gasteiger partial charge is 0.421 e. The first-order valence-corrected chi connectivity index (χ1v) is 9.97. The van der Waals surface area contributed by atoms with Gasteiger partial charge in [0.2, 0.25) is 17.7 Å². The van der Waals surface area contributed by atoms with Gasteiger partial charge in [0.1, 0.15) is 10.5 Å². The molecule has 1 N–H and O–H groups in total. The lowest BCUT2D eigenvalue weighted by atomic mass is 10.1. The maximum Gasteiger partial charge on any atom is 0.268 e. The minimum absolute atomic E-state index is 0.104. The highest BCUT2D eigenvalue weighted by Gasteiger charge is 2.15. The second kappa shape index (κ2) is 7.96. The van der Waals surface area contributed by atoms with Crippen LogP contribution in [0.25, 0.3) is 21.7 Å². The summed E-state index contributed by atoms with van der Waals surface area (Å²) in [5.74, 6) is 1.20. The van der Waals surface area contributed by atoms with Gasteiger partial charge in [0.15, 0.2) is 0 Å². The highest BCUT2D eigenvalue weighted by atomic mass is 32.1. The Morgan fingerprint density at radius 2 is 2.00 bits per heavy atom. The number of amides is 1. The van der Waals surface area contributed by atoms with Crippen LogP contribution in [0, 0.1) is 6.92 Å². The molecule has 0 atom stereocenters. The molecule has 0 aliphatic carbocycles. The normalized spacial score (nSPS) is 11.1. The van der Waals surface area contributed by atoms with Crippen molar-refractivity contribution in [2.75, 3.05) is 7.05 Å². The first kappa shape index (κ1) is 19.0. The zero-order valence-electron chi connectivity index (χ0n) is 16.0. The summed E-state index contributed by atoms with van der Waals surface area (Å²) in [7, 11) is 1.67. The van der Waals surface area contributed by atoms with Crippen molar-refractivity contribution in [3.63, 3.8) is 0 Å². The van der Waals surface area contributed by atoms with E-state index in [2.05, 4.69) is 20.2 Å². The topological polar surface area (TPSA) is 105 Å². The molecular formula is C20H19N5O3S. The SMILES string of the molecule is Cc1ccc(-c2nnc(CCC(=O)N(C)Cc3nc4ccsc4c(=O)[nH]3)o2)cc1. The van der Waals surface area contributed by atoms with E-state index in [0.29, 0.717) is 34.2 Å². The number of thiophene rings is 1. The van der Waals surface area contributed by atoms with Crippen molar-refractivity contribution < 1.29 is 9.21 Å². The van der Waals surface area contributed by atoms with Crippen LogP contribution in [0.5, 0.6) is 0 Å². The molecule has 0 bridgehead atoms. The zero-order chi connectivity index (χ0) is 20.4. The number of carbonyl (C=O) groups excluding carboxylic acids is 1. The number of H-pyrrole nitrogens is 1. The van der Waals surface area contributed by atoms with Gasteiger partial charge >= 0.3 is 0 Å². The van der Waals surface area contributed by atoms with Crippen molar-refractivity contribution in [3.05, 3.63) is 63.3 Å². The molecule has 3 heterocycles. The van der Waals surface area contributed by atoms with Gasteiger partial charge in [-0.2, -0.15) is 0 Å². The van der Waals surface area contributed by atoms with Crippen LogP contribution >= 0.6 is 11.3 Å². The minimum Gasteiger partial charge on any atom is -0.421 e. The van der Waals surface area contributed by atoms with E-state index >= 15 is 0 Å². The Bertz CT molecular complexity index is 1210. The van der Waals surface area contributed by atoms with E-state index in [9.17, 15) is 9.59 Å². The fraction of sp³-hybridized carbons (Fsp3) is 0.250. The molecule has 1 amide bonds. The molecule has 29 heavy (non-hydrogen) atoms. The van der Waals surface area contributed by atoms with Gasteiger partial charge in [-0.05, 0) is 30.5 Å².